The maximum absolute atomic E-state index is 5.88. The summed E-state index contributed by atoms with van der Waals surface area (Å²) in [4.78, 5) is 13.2. The van der Waals surface area contributed by atoms with Gasteiger partial charge in [-0.3, -0.25) is 4.98 Å². The summed E-state index contributed by atoms with van der Waals surface area (Å²) in [5.74, 6) is 0.923. The van der Waals surface area contributed by atoms with Crippen LogP contribution < -0.4 is 11.5 Å². The summed E-state index contributed by atoms with van der Waals surface area (Å²) in [6.07, 6.45) is 3.59. The molecule has 7 nitrogen and oxygen atoms in total. The van der Waals surface area contributed by atoms with Crippen molar-refractivity contribution < 1.29 is 0 Å². The Morgan fingerprint density at radius 3 is 2.62 bits per heavy atom. The number of nitrogen functional groups attached to an aromatic ring is 2. The van der Waals surface area contributed by atoms with E-state index in [2.05, 4.69) is 20.1 Å². The Kier molecular flexibility index (Phi) is 3.13. The first-order valence-electron chi connectivity index (χ1n) is 7.42. The molecule has 7 heteroatoms. The van der Waals surface area contributed by atoms with Gasteiger partial charge in [0.25, 0.3) is 0 Å². The second-order valence-electron chi connectivity index (χ2n) is 5.48. The summed E-state index contributed by atoms with van der Waals surface area (Å²) in [7, 11) is 0. The van der Waals surface area contributed by atoms with Crippen LogP contribution in [-0.4, -0.2) is 24.7 Å². The van der Waals surface area contributed by atoms with Gasteiger partial charge in [0.15, 0.2) is 17.5 Å². The van der Waals surface area contributed by atoms with Gasteiger partial charge in [-0.05, 0) is 31.2 Å². The van der Waals surface area contributed by atoms with Crippen LogP contribution >= 0.6 is 0 Å². The Balaban J connectivity index is 1.97. The molecule has 0 atom stereocenters. The second kappa shape index (κ2) is 5.31. The number of nitrogens with zero attached hydrogens (tertiary/aromatic N) is 5. The summed E-state index contributed by atoms with van der Waals surface area (Å²) in [6, 6.07) is 11.7. The van der Waals surface area contributed by atoms with Gasteiger partial charge in [-0.1, -0.05) is 12.1 Å². The zero-order valence-corrected chi connectivity index (χ0v) is 13.0. The third kappa shape index (κ3) is 2.32. The number of pyridine rings is 1. The minimum Gasteiger partial charge on any atom is -0.381 e. The zero-order valence-electron chi connectivity index (χ0n) is 13.0. The number of hydrogen-bond acceptors (Lipinski definition) is 6. The number of aromatic nitrogens is 5. The minimum absolute atomic E-state index is 0.185. The van der Waals surface area contributed by atoms with E-state index in [0.717, 1.165) is 22.2 Å². The predicted octanol–water partition coefficient (Wildman–Crippen LogP) is 2.35. The highest BCUT2D eigenvalue weighted by atomic mass is 15.3. The number of benzene rings is 1. The molecule has 0 unspecified atom stereocenters. The van der Waals surface area contributed by atoms with Crippen LogP contribution in [0.2, 0.25) is 0 Å². The Labute approximate surface area is 138 Å². The number of hydrogen-bond donors (Lipinski definition) is 2. The molecule has 0 radical (unpaired) electrons. The Morgan fingerprint density at radius 1 is 1.00 bits per heavy atom. The van der Waals surface area contributed by atoms with Crippen LogP contribution in [0, 0.1) is 6.92 Å². The van der Waals surface area contributed by atoms with E-state index in [0.29, 0.717) is 11.5 Å². The molecular weight excluding hydrogens is 302 g/mol. The molecule has 0 saturated heterocycles. The number of fused-ring (bicyclic) bond motifs is 1. The highest BCUT2D eigenvalue weighted by molar-refractivity contribution is 5.85. The highest BCUT2D eigenvalue weighted by Crippen LogP contribution is 2.28. The van der Waals surface area contributed by atoms with Gasteiger partial charge in [0.1, 0.15) is 5.69 Å². The van der Waals surface area contributed by atoms with E-state index in [1.165, 1.54) is 0 Å². The Hall–Kier alpha value is -3.48. The van der Waals surface area contributed by atoms with E-state index < -0.39 is 0 Å². The fourth-order valence-corrected chi connectivity index (χ4v) is 2.56. The molecule has 0 spiro atoms. The first-order valence-corrected chi connectivity index (χ1v) is 7.42. The van der Waals surface area contributed by atoms with E-state index in [9.17, 15) is 0 Å². The van der Waals surface area contributed by atoms with Crippen molar-refractivity contribution in [3.05, 3.63) is 54.5 Å². The molecule has 0 aliphatic heterocycles. The van der Waals surface area contributed by atoms with Crippen molar-refractivity contribution in [3.8, 4) is 17.1 Å². The lowest BCUT2D eigenvalue weighted by molar-refractivity contribution is 0.830. The maximum Gasteiger partial charge on any atom is 0.182 e. The Bertz CT molecular complexity index is 1050. The molecule has 0 aliphatic carbocycles. The number of nitrogens with two attached hydrogens (primary N) is 2. The second-order valence-corrected chi connectivity index (χ2v) is 5.48. The largest absolute Gasteiger partial charge is 0.381 e. The normalized spacial score (nSPS) is 11.0. The van der Waals surface area contributed by atoms with Crippen LogP contribution in [0.5, 0.6) is 0 Å². The SMILES string of the molecule is Cc1ccn(-c2nc(N)c(N)nc2-c2ccc3ncccc3c2)n1. The first kappa shape index (κ1) is 14.1. The van der Waals surface area contributed by atoms with E-state index >= 15 is 0 Å². The fraction of sp³-hybridized carbons (Fsp3) is 0.0588. The molecule has 0 aliphatic rings. The van der Waals surface area contributed by atoms with Crippen LogP contribution in [0.1, 0.15) is 5.69 Å². The molecule has 1 aromatic carbocycles. The quantitative estimate of drug-likeness (QED) is 0.587. The molecule has 0 saturated carbocycles. The minimum atomic E-state index is 0.185. The number of rotatable bonds is 2. The molecular formula is C17H15N7. The van der Waals surface area contributed by atoms with Gasteiger partial charge in [-0.2, -0.15) is 5.10 Å². The molecule has 118 valence electrons. The summed E-state index contributed by atoms with van der Waals surface area (Å²) < 4.78 is 1.65. The average molecular weight is 317 g/mol. The molecule has 4 aromatic rings. The third-order valence-corrected chi connectivity index (χ3v) is 3.75. The van der Waals surface area contributed by atoms with Crippen molar-refractivity contribution in [2.45, 2.75) is 6.92 Å². The van der Waals surface area contributed by atoms with Crippen molar-refractivity contribution in [1.29, 1.82) is 0 Å². The molecule has 3 aromatic heterocycles. The number of aryl methyl sites for hydroxylation is 1. The van der Waals surface area contributed by atoms with Gasteiger partial charge in [-0.15, -0.1) is 0 Å². The molecule has 24 heavy (non-hydrogen) atoms. The van der Waals surface area contributed by atoms with Crippen LogP contribution in [0.4, 0.5) is 11.6 Å². The molecule has 3 heterocycles. The topological polar surface area (TPSA) is 109 Å². The zero-order chi connectivity index (χ0) is 16.7. The van der Waals surface area contributed by atoms with Gasteiger partial charge < -0.3 is 11.5 Å². The smallest absolute Gasteiger partial charge is 0.182 e. The predicted molar refractivity (Wildman–Crippen MR) is 93.5 cm³/mol. The van der Waals surface area contributed by atoms with Gasteiger partial charge in [0.05, 0.1) is 11.2 Å². The molecule has 4 rings (SSSR count). The lowest BCUT2D eigenvalue weighted by atomic mass is 10.1. The summed E-state index contributed by atoms with van der Waals surface area (Å²) in [6.45, 7) is 1.91. The van der Waals surface area contributed by atoms with Gasteiger partial charge >= 0.3 is 0 Å². The molecule has 4 N–H and O–H groups in total. The lowest BCUT2D eigenvalue weighted by Crippen LogP contribution is -2.09. The monoisotopic (exact) mass is 317 g/mol. The third-order valence-electron chi connectivity index (χ3n) is 3.75. The van der Waals surface area contributed by atoms with Crippen LogP contribution in [0.15, 0.2) is 48.8 Å². The van der Waals surface area contributed by atoms with E-state index in [1.807, 2.05) is 49.5 Å². The lowest BCUT2D eigenvalue weighted by Gasteiger charge is -2.11. The molecule has 0 fully saturated rings. The molecule has 0 bridgehead atoms. The molecule has 0 amide bonds. The van der Waals surface area contributed by atoms with Gasteiger partial charge in [0, 0.05) is 23.3 Å². The van der Waals surface area contributed by atoms with E-state index in [-0.39, 0.29) is 11.6 Å². The van der Waals surface area contributed by atoms with E-state index in [1.54, 1.807) is 10.9 Å². The van der Waals surface area contributed by atoms with Crippen molar-refractivity contribution in [2.75, 3.05) is 11.5 Å². The first-order chi connectivity index (χ1) is 11.6. The summed E-state index contributed by atoms with van der Waals surface area (Å²) in [5.41, 5.74) is 15.0. The average Bonchev–Trinajstić information content (AvgIpc) is 3.03. The van der Waals surface area contributed by atoms with Crippen molar-refractivity contribution in [2.24, 2.45) is 0 Å². The van der Waals surface area contributed by atoms with Crippen LogP contribution in [0.3, 0.4) is 0 Å². The maximum atomic E-state index is 5.88. The van der Waals surface area contributed by atoms with Gasteiger partial charge in [-0.25, -0.2) is 14.6 Å². The van der Waals surface area contributed by atoms with Crippen molar-refractivity contribution >= 4 is 22.5 Å². The van der Waals surface area contributed by atoms with Crippen LogP contribution in [0.25, 0.3) is 28.0 Å². The van der Waals surface area contributed by atoms with Crippen molar-refractivity contribution in [1.82, 2.24) is 24.7 Å². The fourth-order valence-electron chi connectivity index (χ4n) is 2.56. The highest BCUT2D eigenvalue weighted by Gasteiger charge is 2.15. The summed E-state index contributed by atoms with van der Waals surface area (Å²) in [5, 5.41) is 5.41. The summed E-state index contributed by atoms with van der Waals surface area (Å²) >= 11 is 0. The van der Waals surface area contributed by atoms with E-state index in [4.69, 9.17) is 11.5 Å². The Morgan fingerprint density at radius 2 is 1.83 bits per heavy atom. The standard InChI is InChI=1S/C17H15N7/c1-10-6-8-24(23-10)17-14(21-15(18)16(19)22-17)12-4-5-13-11(9-12)3-2-7-20-13/h2-9H,1H3,(H2,18,21)(H2,19,22). The van der Waals surface area contributed by atoms with Crippen molar-refractivity contribution in [3.63, 3.8) is 0 Å². The van der Waals surface area contributed by atoms with Crippen LogP contribution in [-0.2, 0) is 0 Å². The van der Waals surface area contributed by atoms with Gasteiger partial charge in [0.2, 0.25) is 0 Å². The number of anilines is 2.